The molecule has 1 heterocycles. The van der Waals surface area contributed by atoms with Crippen molar-refractivity contribution in [2.75, 3.05) is 18.5 Å². The summed E-state index contributed by atoms with van der Waals surface area (Å²) in [6.07, 6.45) is 3.73. The fourth-order valence-electron chi connectivity index (χ4n) is 2.26. The number of hydrogen-bond donors (Lipinski definition) is 2. The summed E-state index contributed by atoms with van der Waals surface area (Å²) in [4.78, 5) is 12.0. The number of rotatable bonds is 6. The molecular weight excluding hydrogens is 240 g/mol. The Morgan fingerprint density at radius 1 is 1.47 bits per heavy atom. The molecule has 4 heteroatoms. The van der Waals surface area contributed by atoms with Gasteiger partial charge in [0.05, 0.1) is 12.3 Å². The van der Waals surface area contributed by atoms with Crippen molar-refractivity contribution in [1.29, 1.82) is 0 Å². The number of anilines is 1. The predicted molar refractivity (Wildman–Crippen MR) is 76.5 cm³/mol. The zero-order chi connectivity index (χ0) is 13.5. The molecule has 0 saturated carbocycles. The van der Waals surface area contributed by atoms with Gasteiger partial charge in [0.2, 0.25) is 5.91 Å². The van der Waals surface area contributed by atoms with Crippen LogP contribution in [0.5, 0.6) is 5.75 Å². The molecule has 2 N–H and O–H groups in total. The van der Waals surface area contributed by atoms with Gasteiger partial charge < -0.3 is 15.4 Å². The van der Waals surface area contributed by atoms with E-state index in [2.05, 4.69) is 17.6 Å². The summed E-state index contributed by atoms with van der Waals surface area (Å²) in [5.41, 5.74) is 0.763. The van der Waals surface area contributed by atoms with Crippen molar-refractivity contribution in [1.82, 2.24) is 5.32 Å². The Morgan fingerprint density at radius 3 is 3.05 bits per heavy atom. The molecule has 19 heavy (non-hydrogen) atoms. The maximum atomic E-state index is 12.0. The van der Waals surface area contributed by atoms with Crippen LogP contribution in [-0.4, -0.2) is 25.1 Å². The maximum Gasteiger partial charge on any atom is 0.226 e. The molecule has 1 aromatic carbocycles. The molecule has 1 unspecified atom stereocenters. The third-order valence-corrected chi connectivity index (χ3v) is 3.22. The first-order valence-electron chi connectivity index (χ1n) is 7.04. The minimum atomic E-state index is 0.0481. The van der Waals surface area contributed by atoms with E-state index in [4.69, 9.17) is 4.74 Å². The molecule has 2 rings (SSSR count). The molecule has 1 fully saturated rings. The van der Waals surface area contributed by atoms with Gasteiger partial charge in [0, 0.05) is 12.5 Å². The molecule has 0 spiro atoms. The predicted octanol–water partition coefficient (Wildman–Crippen LogP) is 2.56. The first kappa shape index (κ1) is 13.9. The molecule has 1 atom stereocenters. The van der Waals surface area contributed by atoms with Gasteiger partial charge in [-0.1, -0.05) is 19.1 Å². The molecule has 1 aliphatic rings. The number of amides is 1. The van der Waals surface area contributed by atoms with Crippen molar-refractivity contribution in [3.63, 3.8) is 0 Å². The molecular formula is C15H22N2O2. The van der Waals surface area contributed by atoms with E-state index < -0.39 is 0 Å². The molecule has 0 radical (unpaired) electrons. The fraction of sp³-hybridized carbons (Fsp3) is 0.533. The number of para-hydroxylation sites is 2. The Kier molecular flexibility index (Phi) is 5.21. The lowest BCUT2D eigenvalue weighted by molar-refractivity contribution is -0.116. The summed E-state index contributed by atoms with van der Waals surface area (Å²) in [6, 6.07) is 7.91. The summed E-state index contributed by atoms with van der Waals surface area (Å²) in [5.74, 6) is 0.795. The third-order valence-electron chi connectivity index (χ3n) is 3.22. The van der Waals surface area contributed by atoms with Crippen molar-refractivity contribution >= 4 is 11.6 Å². The van der Waals surface area contributed by atoms with E-state index in [1.165, 1.54) is 0 Å². The molecule has 0 aromatic heterocycles. The van der Waals surface area contributed by atoms with Crippen LogP contribution in [0.3, 0.4) is 0 Å². The average molecular weight is 262 g/mol. The molecule has 0 aliphatic carbocycles. The zero-order valence-electron chi connectivity index (χ0n) is 11.4. The smallest absolute Gasteiger partial charge is 0.226 e. The fourth-order valence-corrected chi connectivity index (χ4v) is 2.26. The quantitative estimate of drug-likeness (QED) is 0.828. The Morgan fingerprint density at radius 2 is 2.32 bits per heavy atom. The van der Waals surface area contributed by atoms with Crippen molar-refractivity contribution in [2.24, 2.45) is 0 Å². The summed E-state index contributed by atoms with van der Waals surface area (Å²) in [6.45, 7) is 3.75. The Hall–Kier alpha value is -1.55. The number of benzene rings is 1. The first-order valence-corrected chi connectivity index (χ1v) is 7.04. The highest BCUT2D eigenvalue weighted by molar-refractivity contribution is 5.92. The van der Waals surface area contributed by atoms with Gasteiger partial charge in [0.1, 0.15) is 5.75 Å². The highest BCUT2D eigenvalue weighted by Gasteiger charge is 2.18. The third kappa shape index (κ3) is 4.24. The second kappa shape index (κ2) is 7.14. The van der Waals surface area contributed by atoms with Crippen LogP contribution in [0.15, 0.2) is 24.3 Å². The minimum Gasteiger partial charge on any atom is -0.491 e. The van der Waals surface area contributed by atoms with Gasteiger partial charge in [-0.25, -0.2) is 0 Å². The lowest BCUT2D eigenvalue weighted by Crippen LogP contribution is -2.27. The van der Waals surface area contributed by atoms with E-state index in [0.29, 0.717) is 19.1 Å². The van der Waals surface area contributed by atoms with E-state index in [-0.39, 0.29) is 5.91 Å². The van der Waals surface area contributed by atoms with E-state index in [0.717, 1.165) is 37.2 Å². The zero-order valence-corrected chi connectivity index (χ0v) is 11.4. The molecule has 1 amide bonds. The first-order chi connectivity index (χ1) is 9.29. The topological polar surface area (TPSA) is 50.4 Å². The van der Waals surface area contributed by atoms with E-state index in [9.17, 15) is 4.79 Å². The van der Waals surface area contributed by atoms with Crippen LogP contribution in [0.2, 0.25) is 0 Å². The SMILES string of the molecule is CCCOc1ccccc1NC(=O)CC1CCCN1. The van der Waals surface area contributed by atoms with Crippen LogP contribution in [-0.2, 0) is 4.79 Å². The van der Waals surface area contributed by atoms with Crippen molar-refractivity contribution in [3.8, 4) is 5.75 Å². The lowest BCUT2D eigenvalue weighted by atomic mass is 10.1. The van der Waals surface area contributed by atoms with Crippen molar-refractivity contribution in [2.45, 2.75) is 38.6 Å². The highest BCUT2D eigenvalue weighted by atomic mass is 16.5. The Labute approximate surface area is 114 Å². The second-order valence-corrected chi connectivity index (χ2v) is 4.89. The van der Waals surface area contributed by atoms with Gasteiger partial charge in [-0.05, 0) is 37.9 Å². The normalized spacial score (nSPS) is 18.3. The Bertz CT molecular complexity index is 414. The Balaban J connectivity index is 1.91. The average Bonchev–Trinajstić information content (AvgIpc) is 2.90. The van der Waals surface area contributed by atoms with Crippen LogP contribution in [0, 0.1) is 0 Å². The van der Waals surface area contributed by atoms with Gasteiger partial charge >= 0.3 is 0 Å². The maximum absolute atomic E-state index is 12.0. The van der Waals surface area contributed by atoms with Crippen LogP contribution in [0.4, 0.5) is 5.69 Å². The van der Waals surface area contributed by atoms with Crippen LogP contribution in [0.1, 0.15) is 32.6 Å². The number of nitrogens with one attached hydrogen (secondary N) is 2. The van der Waals surface area contributed by atoms with Gasteiger partial charge in [-0.3, -0.25) is 4.79 Å². The largest absolute Gasteiger partial charge is 0.491 e. The minimum absolute atomic E-state index is 0.0481. The van der Waals surface area contributed by atoms with Gasteiger partial charge in [-0.2, -0.15) is 0 Å². The molecule has 1 aromatic rings. The van der Waals surface area contributed by atoms with Crippen LogP contribution < -0.4 is 15.4 Å². The monoisotopic (exact) mass is 262 g/mol. The summed E-state index contributed by atoms with van der Waals surface area (Å²) in [5, 5.41) is 6.27. The highest BCUT2D eigenvalue weighted by Crippen LogP contribution is 2.24. The molecule has 1 aliphatic heterocycles. The van der Waals surface area contributed by atoms with E-state index in [1.54, 1.807) is 0 Å². The standard InChI is InChI=1S/C15H22N2O2/c1-2-10-19-14-8-4-3-7-13(14)17-15(18)11-12-6-5-9-16-12/h3-4,7-8,12,16H,2,5-6,9-11H2,1H3,(H,17,18). The van der Waals surface area contributed by atoms with E-state index >= 15 is 0 Å². The number of hydrogen-bond acceptors (Lipinski definition) is 3. The van der Waals surface area contributed by atoms with Crippen molar-refractivity contribution < 1.29 is 9.53 Å². The number of carbonyl (C=O) groups is 1. The van der Waals surface area contributed by atoms with Gasteiger partial charge in [0.15, 0.2) is 0 Å². The van der Waals surface area contributed by atoms with Crippen LogP contribution >= 0.6 is 0 Å². The summed E-state index contributed by atoms with van der Waals surface area (Å²) in [7, 11) is 0. The summed E-state index contributed by atoms with van der Waals surface area (Å²) < 4.78 is 5.63. The number of carbonyl (C=O) groups excluding carboxylic acids is 1. The molecule has 0 bridgehead atoms. The van der Waals surface area contributed by atoms with E-state index in [1.807, 2.05) is 24.3 Å². The van der Waals surface area contributed by atoms with Crippen molar-refractivity contribution in [3.05, 3.63) is 24.3 Å². The number of ether oxygens (including phenoxy) is 1. The van der Waals surface area contributed by atoms with Crippen LogP contribution in [0.25, 0.3) is 0 Å². The van der Waals surface area contributed by atoms with Gasteiger partial charge in [-0.15, -0.1) is 0 Å². The van der Waals surface area contributed by atoms with Gasteiger partial charge in [0.25, 0.3) is 0 Å². The second-order valence-electron chi connectivity index (χ2n) is 4.89. The lowest BCUT2D eigenvalue weighted by Gasteiger charge is -2.13. The molecule has 1 saturated heterocycles. The molecule has 104 valence electrons. The molecule has 4 nitrogen and oxygen atoms in total. The summed E-state index contributed by atoms with van der Waals surface area (Å²) >= 11 is 0.